The third-order valence-electron chi connectivity index (χ3n) is 3.30. The fourth-order valence-electron chi connectivity index (χ4n) is 2.06. The second-order valence-electron chi connectivity index (χ2n) is 4.96. The molecule has 124 valence electrons. The minimum atomic E-state index is 0.228. The Balaban J connectivity index is 1.83. The number of hydrogen-bond donors (Lipinski definition) is 3. The van der Waals surface area contributed by atoms with Crippen LogP contribution in [-0.2, 0) is 13.0 Å². The molecule has 0 aliphatic heterocycles. The number of aryl methyl sites for hydroxylation is 1. The molecule has 0 aliphatic carbocycles. The Kier molecular flexibility index (Phi) is 6.22. The van der Waals surface area contributed by atoms with Crippen LogP contribution in [0.25, 0.3) is 0 Å². The molecule has 1 aromatic heterocycles. The van der Waals surface area contributed by atoms with E-state index in [0.29, 0.717) is 18.3 Å². The summed E-state index contributed by atoms with van der Waals surface area (Å²) in [5.74, 6) is 1.62. The topological polar surface area (TPSA) is 78.8 Å². The van der Waals surface area contributed by atoms with Gasteiger partial charge in [-0.05, 0) is 25.1 Å². The van der Waals surface area contributed by atoms with Crippen molar-refractivity contribution in [3.63, 3.8) is 0 Å². The van der Waals surface area contributed by atoms with Crippen molar-refractivity contribution in [1.82, 2.24) is 15.6 Å². The molecule has 0 saturated carbocycles. The van der Waals surface area contributed by atoms with Crippen LogP contribution in [0.5, 0.6) is 11.5 Å². The Labute approximate surface area is 140 Å². The first-order valence-electron chi connectivity index (χ1n) is 7.33. The molecular weight excluding hydrogens is 312 g/mol. The van der Waals surface area contributed by atoms with E-state index in [0.717, 1.165) is 29.2 Å². The van der Waals surface area contributed by atoms with Crippen molar-refractivity contribution in [2.45, 2.75) is 19.9 Å². The van der Waals surface area contributed by atoms with Gasteiger partial charge in [-0.1, -0.05) is 0 Å². The molecule has 6 nitrogen and oxygen atoms in total. The largest absolute Gasteiger partial charge is 0.508 e. The highest BCUT2D eigenvalue weighted by Crippen LogP contribution is 2.22. The zero-order valence-corrected chi connectivity index (χ0v) is 14.4. The SMILES string of the molecule is CN=C(NCCc1csc(C)n1)NCc1cc(OC)ccc1O. The highest BCUT2D eigenvalue weighted by atomic mass is 32.1. The van der Waals surface area contributed by atoms with Crippen molar-refractivity contribution in [3.8, 4) is 11.5 Å². The number of hydrogen-bond acceptors (Lipinski definition) is 5. The molecular formula is C16H22N4O2S. The molecule has 0 saturated heterocycles. The van der Waals surface area contributed by atoms with Gasteiger partial charge >= 0.3 is 0 Å². The summed E-state index contributed by atoms with van der Waals surface area (Å²) in [6.45, 7) is 3.20. The number of aromatic hydroxyl groups is 1. The molecule has 2 rings (SSSR count). The second kappa shape index (κ2) is 8.38. The summed E-state index contributed by atoms with van der Waals surface area (Å²) >= 11 is 1.66. The van der Waals surface area contributed by atoms with Crippen LogP contribution in [0.15, 0.2) is 28.6 Å². The molecule has 0 atom stereocenters. The normalized spacial score (nSPS) is 11.3. The van der Waals surface area contributed by atoms with Gasteiger partial charge < -0.3 is 20.5 Å². The number of nitrogens with one attached hydrogen (secondary N) is 2. The zero-order valence-electron chi connectivity index (χ0n) is 13.6. The quantitative estimate of drug-likeness (QED) is 0.557. The molecule has 1 aromatic carbocycles. The van der Waals surface area contributed by atoms with Crippen LogP contribution in [0.1, 0.15) is 16.3 Å². The number of phenols is 1. The molecule has 3 N–H and O–H groups in total. The van der Waals surface area contributed by atoms with Gasteiger partial charge in [-0.3, -0.25) is 4.99 Å². The van der Waals surface area contributed by atoms with Crippen LogP contribution in [0.3, 0.4) is 0 Å². The molecule has 7 heteroatoms. The molecule has 0 aliphatic rings. The molecule has 1 heterocycles. The fraction of sp³-hybridized carbons (Fsp3) is 0.375. The second-order valence-corrected chi connectivity index (χ2v) is 6.02. The summed E-state index contributed by atoms with van der Waals surface area (Å²) in [7, 11) is 3.32. The Bertz CT molecular complexity index is 670. The number of aromatic nitrogens is 1. The first-order chi connectivity index (χ1) is 11.1. The minimum absolute atomic E-state index is 0.228. The number of ether oxygens (including phenoxy) is 1. The van der Waals surface area contributed by atoms with E-state index in [-0.39, 0.29) is 5.75 Å². The van der Waals surface area contributed by atoms with Crippen LogP contribution < -0.4 is 15.4 Å². The van der Waals surface area contributed by atoms with Gasteiger partial charge in [0.2, 0.25) is 0 Å². The van der Waals surface area contributed by atoms with Crippen molar-refractivity contribution in [1.29, 1.82) is 0 Å². The first kappa shape index (κ1) is 17.1. The van der Waals surface area contributed by atoms with E-state index in [4.69, 9.17) is 4.74 Å². The van der Waals surface area contributed by atoms with Crippen molar-refractivity contribution in [2.75, 3.05) is 20.7 Å². The lowest BCUT2D eigenvalue weighted by atomic mass is 10.2. The molecule has 0 fully saturated rings. The third kappa shape index (κ3) is 5.14. The van der Waals surface area contributed by atoms with Crippen molar-refractivity contribution in [3.05, 3.63) is 39.8 Å². The van der Waals surface area contributed by atoms with Gasteiger partial charge in [0.05, 0.1) is 17.8 Å². The lowest BCUT2D eigenvalue weighted by Crippen LogP contribution is -2.37. The van der Waals surface area contributed by atoms with E-state index in [2.05, 4.69) is 26.0 Å². The van der Waals surface area contributed by atoms with Crippen LogP contribution >= 0.6 is 11.3 Å². The number of thiazole rings is 1. The van der Waals surface area contributed by atoms with Crippen molar-refractivity contribution in [2.24, 2.45) is 4.99 Å². The van der Waals surface area contributed by atoms with Gasteiger partial charge in [-0.25, -0.2) is 4.98 Å². The molecule has 0 amide bonds. The van der Waals surface area contributed by atoms with Gasteiger partial charge in [0.15, 0.2) is 5.96 Å². The Hall–Kier alpha value is -2.28. The lowest BCUT2D eigenvalue weighted by Gasteiger charge is -2.13. The Morgan fingerprint density at radius 1 is 1.39 bits per heavy atom. The summed E-state index contributed by atoms with van der Waals surface area (Å²) in [5, 5.41) is 19.4. The molecule has 0 radical (unpaired) electrons. The van der Waals surface area contributed by atoms with Crippen molar-refractivity contribution >= 4 is 17.3 Å². The van der Waals surface area contributed by atoms with E-state index in [1.807, 2.05) is 6.92 Å². The Morgan fingerprint density at radius 2 is 2.22 bits per heavy atom. The minimum Gasteiger partial charge on any atom is -0.508 e. The smallest absolute Gasteiger partial charge is 0.191 e. The number of nitrogens with zero attached hydrogens (tertiary/aromatic N) is 2. The summed E-state index contributed by atoms with van der Waals surface area (Å²) in [5.41, 5.74) is 1.84. The number of benzene rings is 1. The fourth-order valence-corrected chi connectivity index (χ4v) is 2.71. The highest BCUT2D eigenvalue weighted by Gasteiger charge is 2.05. The summed E-state index contributed by atoms with van der Waals surface area (Å²) in [4.78, 5) is 8.60. The van der Waals surface area contributed by atoms with E-state index in [1.165, 1.54) is 0 Å². The highest BCUT2D eigenvalue weighted by molar-refractivity contribution is 7.09. The molecule has 0 spiro atoms. The summed E-state index contributed by atoms with van der Waals surface area (Å²) in [6.07, 6.45) is 0.843. The maximum atomic E-state index is 9.88. The Morgan fingerprint density at radius 3 is 2.87 bits per heavy atom. The van der Waals surface area contributed by atoms with Crippen LogP contribution in [-0.4, -0.2) is 36.8 Å². The average Bonchev–Trinajstić information content (AvgIpc) is 2.97. The maximum Gasteiger partial charge on any atom is 0.191 e. The van der Waals surface area contributed by atoms with Gasteiger partial charge in [0, 0.05) is 37.5 Å². The van der Waals surface area contributed by atoms with E-state index in [1.54, 1.807) is 43.7 Å². The maximum absolute atomic E-state index is 9.88. The standard InChI is InChI=1S/C16H22N4O2S/c1-11-20-13(10-23-11)6-7-18-16(17-2)19-9-12-8-14(22-3)4-5-15(12)21/h4-5,8,10,21H,6-7,9H2,1-3H3,(H2,17,18,19). The predicted octanol–water partition coefficient (Wildman–Crippen LogP) is 2.07. The molecule has 0 bridgehead atoms. The zero-order chi connectivity index (χ0) is 16.7. The summed E-state index contributed by atoms with van der Waals surface area (Å²) < 4.78 is 5.17. The number of guanidine groups is 1. The van der Waals surface area contributed by atoms with Gasteiger partial charge in [-0.2, -0.15) is 0 Å². The number of rotatable bonds is 6. The predicted molar refractivity (Wildman–Crippen MR) is 93.4 cm³/mol. The average molecular weight is 334 g/mol. The van der Waals surface area contributed by atoms with E-state index >= 15 is 0 Å². The van der Waals surface area contributed by atoms with Crippen molar-refractivity contribution < 1.29 is 9.84 Å². The van der Waals surface area contributed by atoms with E-state index in [9.17, 15) is 5.11 Å². The van der Waals surface area contributed by atoms with Gasteiger partial charge in [0.1, 0.15) is 11.5 Å². The lowest BCUT2D eigenvalue weighted by molar-refractivity contribution is 0.410. The number of aliphatic imine (C=N–C) groups is 1. The molecule has 2 aromatic rings. The van der Waals surface area contributed by atoms with Crippen LogP contribution in [0, 0.1) is 6.92 Å². The third-order valence-corrected chi connectivity index (χ3v) is 4.12. The number of phenolic OH excluding ortho intramolecular Hbond substituents is 1. The monoisotopic (exact) mass is 334 g/mol. The summed E-state index contributed by atoms with van der Waals surface area (Å²) in [6, 6.07) is 5.14. The van der Waals surface area contributed by atoms with Gasteiger partial charge in [-0.15, -0.1) is 11.3 Å². The van der Waals surface area contributed by atoms with Crippen LogP contribution in [0.4, 0.5) is 0 Å². The first-order valence-corrected chi connectivity index (χ1v) is 8.21. The molecule has 0 unspecified atom stereocenters. The number of methoxy groups -OCH3 is 1. The molecule has 23 heavy (non-hydrogen) atoms. The van der Waals surface area contributed by atoms with E-state index < -0.39 is 0 Å². The van der Waals surface area contributed by atoms with Gasteiger partial charge in [0.25, 0.3) is 0 Å². The van der Waals surface area contributed by atoms with Crippen LogP contribution in [0.2, 0.25) is 0 Å².